The Kier molecular flexibility index (Phi) is 6.08. The highest BCUT2D eigenvalue weighted by Crippen LogP contribution is 2.26. The van der Waals surface area contributed by atoms with E-state index in [0.717, 1.165) is 5.56 Å². The molecule has 7 nitrogen and oxygen atoms in total. The number of carbonyl (C=O) groups excluding carboxylic acids is 1. The standard InChI is InChI=1S/C17H27N3O4S/c1-13(2)14-6-7-16(24-5)15(12-14)17(21)19-8-10-20(11-9-19)25(22,23)18(3)4/h6-7,12-13H,8-11H2,1-5H3. The van der Waals surface area contributed by atoms with E-state index in [-0.39, 0.29) is 5.91 Å². The predicted octanol–water partition coefficient (Wildman–Crippen LogP) is 1.38. The van der Waals surface area contributed by atoms with Gasteiger partial charge in [0.2, 0.25) is 0 Å². The number of hydrogen-bond acceptors (Lipinski definition) is 4. The van der Waals surface area contributed by atoms with Gasteiger partial charge in [-0.25, -0.2) is 0 Å². The third-order valence-electron chi connectivity index (χ3n) is 4.43. The van der Waals surface area contributed by atoms with Gasteiger partial charge in [0.1, 0.15) is 5.75 Å². The zero-order valence-corrected chi connectivity index (χ0v) is 16.3. The zero-order chi connectivity index (χ0) is 18.8. The molecule has 1 aliphatic heterocycles. The molecule has 0 saturated carbocycles. The number of piperazine rings is 1. The fraction of sp³-hybridized carbons (Fsp3) is 0.588. The van der Waals surface area contributed by atoms with Gasteiger partial charge in [0.25, 0.3) is 16.1 Å². The molecule has 0 aromatic heterocycles. The largest absolute Gasteiger partial charge is 0.496 e. The normalized spacial score (nSPS) is 16.5. The maximum atomic E-state index is 12.9. The van der Waals surface area contributed by atoms with Crippen LogP contribution >= 0.6 is 0 Å². The fourth-order valence-electron chi connectivity index (χ4n) is 2.78. The Morgan fingerprint density at radius 1 is 1.16 bits per heavy atom. The number of methoxy groups -OCH3 is 1. The summed E-state index contributed by atoms with van der Waals surface area (Å²) in [6.45, 7) is 5.45. The van der Waals surface area contributed by atoms with E-state index < -0.39 is 10.2 Å². The van der Waals surface area contributed by atoms with Crippen LogP contribution in [0.25, 0.3) is 0 Å². The third-order valence-corrected chi connectivity index (χ3v) is 6.37. The Morgan fingerprint density at radius 3 is 2.24 bits per heavy atom. The average molecular weight is 369 g/mol. The van der Waals surface area contributed by atoms with E-state index in [0.29, 0.717) is 43.4 Å². The third kappa shape index (κ3) is 4.13. The van der Waals surface area contributed by atoms with Crippen LogP contribution in [0.2, 0.25) is 0 Å². The molecule has 1 aromatic rings. The summed E-state index contributed by atoms with van der Waals surface area (Å²) < 4.78 is 32.3. The highest BCUT2D eigenvalue weighted by molar-refractivity contribution is 7.86. The van der Waals surface area contributed by atoms with Gasteiger partial charge in [-0.3, -0.25) is 4.79 Å². The molecule has 1 fully saturated rings. The van der Waals surface area contributed by atoms with E-state index in [2.05, 4.69) is 13.8 Å². The number of carbonyl (C=O) groups is 1. The summed E-state index contributed by atoms with van der Waals surface area (Å²) in [4.78, 5) is 14.6. The molecule has 0 unspecified atom stereocenters. The van der Waals surface area contributed by atoms with Gasteiger partial charge in [-0.2, -0.15) is 17.0 Å². The fourth-order valence-corrected chi connectivity index (χ4v) is 3.86. The van der Waals surface area contributed by atoms with Crippen molar-refractivity contribution in [2.24, 2.45) is 0 Å². The van der Waals surface area contributed by atoms with Gasteiger partial charge in [-0.15, -0.1) is 0 Å². The first-order chi connectivity index (χ1) is 11.7. The molecule has 8 heteroatoms. The molecule has 1 saturated heterocycles. The van der Waals surface area contributed by atoms with Gasteiger partial charge in [-0.1, -0.05) is 19.9 Å². The lowest BCUT2D eigenvalue weighted by molar-refractivity contribution is 0.0691. The van der Waals surface area contributed by atoms with E-state index in [9.17, 15) is 13.2 Å². The minimum absolute atomic E-state index is 0.124. The van der Waals surface area contributed by atoms with Crippen LogP contribution in [-0.4, -0.2) is 75.2 Å². The first kappa shape index (κ1) is 19.7. The molecule has 1 aliphatic rings. The Labute approximate surface area is 150 Å². The molecule has 140 valence electrons. The van der Waals surface area contributed by atoms with Crippen LogP contribution in [0.15, 0.2) is 18.2 Å². The summed E-state index contributed by atoms with van der Waals surface area (Å²) in [5, 5.41) is 0. The van der Waals surface area contributed by atoms with Crippen LogP contribution in [0, 0.1) is 0 Å². The van der Waals surface area contributed by atoms with Crippen molar-refractivity contribution in [3.63, 3.8) is 0 Å². The number of nitrogens with zero attached hydrogens (tertiary/aromatic N) is 3. The quantitative estimate of drug-likeness (QED) is 0.786. The molecular weight excluding hydrogens is 342 g/mol. The molecule has 25 heavy (non-hydrogen) atoms. The summed E-state index contributed by atoms with van der Waals surface area (Å²) in [5.41, 5.74) is 1.59. The Morgan fingerprint density at radius 2 is 1.76 bits per heavy atom. The molecular formula is C17H27N3O4S. The average Bonchev–Trinajstić information content (AvgIpc) is 2.60. The van der Waals surface area contributed by atoms with Crippen molar-refractivity contribution in [3.05, 3.63) is 29.3 Å². The summed E-state index contributed by atoms with van der Waals surface area (Å²) in [6.07, 6.45) is 0. The minimum Gasteiger partial charge on any atom is -0.496 e. The van der Waals surface area contributed by atoms with Crippen LogP contribution in [0.4, 0.5) is 0 Å². The monoisotopic (exact) mass is 369 g/mol. The molecule has 2 rings (SSSR count). The predicted molar refractivity (Wildman–Crippen MR) is 97.2 cm³/mol. The maximum Gasteiger partial charge on any atom is 0.281 e. The number of benzene rings is 1. The molecule has 1 aromatic carbocycles. The Hall–Kier alpha value is -1.64. The number of ether oxygens (including phenoxy) is 1. The topological polar surface area (TPSA) is 70.2 Å². The van der Waals surface area contributed by atoms with Gasteiger partial charge < -0.3 is 9.64 Å². The van der Waals surface area contributed by atoms with Crippen LogP contribution in [0.3, 0.4) is 0 Å². The van der Waals surface area contributed by atoms with Crippen molar-refractivity contribution in [2.75, 3.05) is 47.4 Å². The van der Waals surface area contributed by atoms with E-state index in [1.54, 1.807) is 12.0 Å². The molecule has 1 heterocycles. The van der Waals surface area contributed by atoms with Crippen LogP contribution in [0.5, 0.6) is 5.75 Å². The van der Waals surface area contributed by atoms with Crippen molar-refractivity contribution < 1.29 is 17.9 Å². The summed E-state index contributed by atoms with van der Waals surface area (Å²) in [6, 6.07) is 5.64. The van der Waals surface area contributed by atoms with Gasteiger partial charge in [0, 0.05) is 40.3 Å². The highest BCUT2D eigenvalue weighted by Gasteiger charge is 2.31. The second-order valence-electron chi connectivity index (χ2n) is 6.60. The Balaban J connectivity index is 2.17. The lowest BCUT2D eigenvalue weighted by Crippen LogP contribution is -2.53. The first-order valence-corrected chi connectivity index (χ1v) is 9.73. The lowest BCUT2D eigenvalue weighted by Gasteiger charge is -2.35. The van der Waals surface area contributed by atoms with Crippen molar-refractivity contribution >= 4 is 16.1 Å². The van der Waals surface area contributed by atoms with Crippen LogP contribution < -0.4 is 4.74 Å². The molecule has 0 bridgehead atoms. The van der Waals surface area contributed by atoms with Gasteiger partial charge in [-0.05, 0) is 23.6 Å². The lowest BCUT2D eigenvalue weighted by atomic mass is 9.99. The van der Waals surface area contributed by atoms with Gasteiger partial charge in [0.15, 0.2) is 0 Å². The maximum absolute atomic E-state index is 12.9. The first-order valence-electron chi connectivity index (χ1n) is 8.33. The van der Waals surface area contributed by atoms with Crippen LogP contribution in [0.1, 0.15) is 35.7 Å². The van der Waals surface area contributed by atoms with Crippen molar-refractivity contribution in [2.45, 2.75) is 19.8 Å². The van der Waals surface area contributed by atoms with E-state index in [4.69, 9.17) is 4.74 Å². The molecule has 0 aliphatic carbocycles. The SMILES string of the molecule is COc1ccc(C(C)C)cc1C(=O)N1CCN(S(=O)(=O)N(C)C)CC1. The molecule has 0 atom stereocenters. The summed E-state index contributed by atoms with van der Waals surface area (Å²) in [7, 11) is 1.12. The molecule has 0 spiro atoms. The second kappa shape index (κ2) is 7.72. The smallest absolute Gasteiger partial charge is 0.281 e. The second-order valence-corrected chi connectivity index (χ2v) is 8.74. The van der Waals surface area contributed by atoms with Crippen molar-refractivity contribution in [1.29, 1.82) is 0 Å². The molecule has 0 radical (unpaired) electrons. The van der Waals surface area contributed by atoms with E-state index in [1.807, 2.05) is 18.2 Å². The minimum atomic E-state index is -3.44. The number of rotatable bonds is 5. The highest BCUT2D eigenvalue weighted by atomic mass is 32.2. The van der Waals surface area contributed by atoms with Crippen LogP contribution in [-0.2, 0) is 10.2 Å². The van der Waals surface area contributed by atoms with Gasteiger partial charge >= 0.3 is 0 Å². The number of amides is 1. The molecule has 1 amide bonds. The van der Waals surface area contributed by atoms with E-state index >= 15 is 0 Å². The number of hydrogen-bond donors (Lipinski definition) is 0. The van der Waals surface area contributed by atoms with Crippen molar-refractivity contribution in [1.82, 2.24) is 13.5 Å². The van der Waals surface area contributed by atoms with Crippen molar-refractivity contribution in [3.8, 4) is 5.75 Å². The molecule has 0 N–H and O–H groups in total. The van der Waals surface area contributed by atoms with Gasteiger partial charge in [0.05, 0.1) is 12.7 Å². The Bertz CT molecular complexity index is 723. The van der Waals surface area contributed by atoms with E-state index in [1.165, 1.54) is 22.7 Å². The zero-order valence-electron chi connectivity index (χ0n) is 15.5. The summed E-state index contributed by atoms with van der Waals surface area (Å²) in [5.74, 6) is 0.721. The summed E-state index contributed by atoms with van der Waals surface area (Å²) >= 11 is 0.